The third-order valence-corrected chi connectivity index (χ3v) is 4.34. The third kappa shape index (κ3) is 5.28. The fourth-order valence-electron chi connectivity index (χ4n) is 3.01. The quantitative estimate of drug-likeness (QED) is 0.437. The van der Waals surface area contributed by atoms with E-state index in [0.29, 0.717) is 6.42 Å². The van der Waals surface area contributed by atoms with Crippen LogP contribution in [0.2, 0.25) is 0 Å². The molecule has 0 spiro atoms. The van der Waals surface area contributed by atoms with Gasteiger partial charge in [-0.3, -0.25) is 10.1 Å². The van der Waals surface area contributed by atoms with Crippen molar-refractivity contribution < 1.29 is 20.0 Å². The molecule has 1 amide bonds. The number of rotatable bonds is 8. The topological polar surface area (TPSA) is 71.0 Å². The summed E-state index contributed by atoms with van der Waals surface area (Å²) in [5.74, 6) is 0.0567. The van der Waals surface area contributed by atoms with Crippen molar-refractivity contribution in [3.8, 4) is 0 Å². The van der Waals surface area contributed by atoms with E-state index < -0.39 is 12.3 Å². The SMILES string of the molecule is CC(NC(CCc1ccccc1)OOO)C(=O)N1CCCC1C. The highest BCUT2D eigenvalue weighted by molar-refractivity contribution is 5.82. The molecule has 0 aromatic heterocycles. The molecule has 0 radical (unpaired) electrons. The first-order chi connectivity index (χ1) is 11.1. The molecule has 6 heteroatoms. The van der Waals surface area contributed by atoms with Crippen molar-refractivity contribution in [1.29, 1.82) is 0 Å². The van der Waals surface area contributed by atoms with E-state index in [0.717, 1.165) is 31.4 Å². The van der Waals surface area contributed by atoms with E-state index in [1.807, 2.05) is 42.2 Å². The van der Waals surface area contributed by atoms with Crippen molar-refractivity contribution in [3.63, 3.8) is 0 Å². The summed E-state index contributed by atoms with van der Waals surface area (Å²) in [6.07, 6.45) is 2.87. The van der Waals surface area contributed by atoms with Crippen LogP contribution in [0, 0.1) is 0 Å². The lowest BCUT2D eigenvalue weighted by Crippen LogP contribution is -2.50. The fraction of sp³-hybridized carbons (Fsp3) is 0.588. The maximum atomic E-state index is 12.5. The largest absolute Gasteiger partial charge is 0.339 e. The lowest BCUT2D eigenvalue weighted by molar-refractivity contribution is -0.509. The molecule has 3 unspecified atom stereocenters. The summed E-state index contributed by atoms with van der Waals surface area (Å²) in [7, 11) is 0. The van der Waals surface area contributed by atoms with Gasteiger partial charge < -0.3 is 4.90 Å². The Morgan fingerprint density at radius 3 is 2.78 bits per heavy atom. The zero-order valence-corrected chi connectivity index (χ0v) is 13.8. The normalized spacial score (nSPS) is 20.5. The Balaban J connectivity index is 1.86. The second-order valence-corrected chi connectivity index (χ2v) is 6.09. The Bertz CT molecular complexity index is 483. The van der Waals surface area contributed by atoms with Gasteiger partial charge >= 0.3 is 0 Å². The molecule has 0 bridgehead atoms. The highest BCUT2D eigenvalue weighted by Crippen LogP contribution is 2.17. The first-order valence-corrected chi connectivity index (χ1v) is 8.19. The van der Waals surface area contributed by atoms with Gasteiger partial charge in [0.1, 0.15) is 6.23 Å². The number of carbonyl (C=O) groups is 1. The first kappa shape index (κ1) is 17.9. The van der Waals surface area contributed by atoms with Crippen LogP contribution in [-0.2, 0) is 21.1 Å². The van der Waals surface area contributed by atoms with E-state index >= 15 is 0 Å². The summed E-state index contributed by atoms with van der Waals surface area (Å²) in [5, 5.41) is 15.5. The van der Waals surface area contributed by atoms with Crippen molar-refractivity contribution >= 4 is 5.91 Å². The number of benzene rings is 1. The number of amides is 1. The standard InChI is InChI=1S/C17H26N2O4/c1-13-7-6-12-19(13)17(20)14(2)18-16(22-23-21)11-10-15-8-4-3-5-9-15/h3-5,8-9,13-14,16,18,21H,6-7,10-12H2,1-2H3. The summed E-state index contributed by atoms with van der Waals surface area (Å²) in [6, 6.07) is 9.85. The van der Waals surface area contributed by atoms with E-state index in [1.165, 1.54) is 0 Å². The van der Waals surface area contributed by atoms with Crippen molar-refractivity contribution in [1.82, 2.24) is 10.2 Å². The molecule has 1 aliphatic rings. The van der Waals surface area contributed by atoms with Crippen LogP contribution in [0.1, 0.15) is 38.7 Å². The van der Waals surface area contributed by atoms with Gasteiger partial charge in [-0.15, -0.1) is 0 Å². The summed E-state index contributed by atoms with van der Waals surface area (Å²) in [6.45, 7) is 4.68. The van der Waals surface area contributed by atoms with Crippen LogP contribution in [-0.4, -0.2) is 40.9 Å². The van der Waals surface area contributed by atoms with E-state index in [-0.39, 0.29) is 11.9 Å². The van der Waals surface area contributed by atoms with Gasteiger partial charge in [0.15, 0.2) is 0 Å². The molecule has 1 heterocycles. The number of hydrogen-bond acceptors (Lipinski definition) is 5. The predicted octanol–water partition coefficient (Wildman–Crippen LogP) is 2.36. The molecule has 6 nitrogen and oxygen atoms in total. The van der Waals surface area contributed by atoms with Crippen molar-refractivity contribution in [3.05, 3.63) is 35.9 Å². The molecule has 0 aliphatic carbocycles. The molecule has 1 aliphatic heterocycles. The minimum atomic E-state index is -0.558. The number of likely N-dealkylation sites (tertiary alicyclic amines) is 1. The van der Waals surface area contributed by atoms with Crippen LogP contribution >= 0.6 is 0 Å². The highest BCUT2D eigenvalue weighted by atomic mass is 17.5. The van der Waals surface area contributed by atoms with Gasteiger partial charge in [-0.25, -0.2) is 5.26 Å². The number of hydrogen-bond donors (Lipinski definition) is 2. The molecule has 1 fully saturated rings. The molecule has 1 saturated heterocycles. The van der Waals surface area contributed by atoms with Gasteiger partial charge in [-0.1, -0.05) is 35.4 Å². The van der Waals surface area contributed by atoms with E-state index in [9.17, 15) is 4.79 Å². The molecule has 1 aromatic carbocycles. The summed E-state index contributed by atoms with van der Waals surface area (Å²) < 4.78 is 0. The minimum Gasteiger partial charge on any atom is -0.339 e. The molecule has 23 heavy (non-hydrogen) atoms. The second-order valence-electron chi connectivity index (χ2n) is 6.09. The minimum absolute atomic E-state index is 0.0567. The molecule has 2 N–H and O–H groups in total. The predicted molar refractivity (Wildman–Crippen MR) is 86.4 cm³/mol. The van der Waals surface area contributed by atoms with E-state index in [4.69, 9.17) is 10.1 Å². The van der Waals surface area contributed by atoms with E-state index in [1.54, 1.807) is 0 Å². The zero-order valence-electron chi connectivity index (χ0n) is 13.8. The van der Waals surface area contributed by atoms with Gasteiger partial charge in [0.2, 0.25) is 5.91 Å². The van der Waals surface area contributed by atoms with Crippen LogP contribution in [0.4, 0.5) is 0 Å². The average Bonchev–Trinajstić information content (AvgIpc) is 2.99. The third-order valence-electron chi connectivity index (χ3n) is 4.34. The van der Waals surface area contributed by atoms with E-state index in [2.05, 4.69) is 17.3 Å². The van der Waals surface area contributed by atoms with Gasteiger partial charge in [-0.2, -0.15) is 4.89 Å². The van der Waals surface area contributed by atoms with Crippen molar-refractivity contribution in [2.24, 2.45) is 0 Å². The molecule has 3 atom stereocenters. The maximum absolute atomic E-state index is 12.5. The summed E-state index contributed by atoms with van der Waals surface area (Å²) in [4.78, 5) is 19.2. The van der Waals surface area contributed by atoms with Crippen LogP contribution in [0.3, 0.4) is 0 Å². The van der Waals surface area contributed by atoms with Gasteiger partial charge in [0.05, 0.1) is 6.04 Å². The zero-order chi connectivity index (χ0) is 16.7. The molecule has 0 saturated carbocycles. The first-order valence-electron chi connectivity index (χ1n) is 8.19. The number of nitrogens with one attached hydrogen (secondary N) is 1. The molecule has 1 aromatic rings. The van der Waals surface area contributed by atoms with Crippen LogP contribution in [0.5, 0.6) is 0 Å². The lowest BCUT2D eigenvalue weighted by Gasteiger charge is -2.27. The summed E-state index contributed by atoms with van der Waals surface area (Å²) >= 11 is 0. The Hall–Kier alpha value is -1.47. The average molecular weight is 322 g/mol. The lowest BCUT2D eigenvalue weighted by atomic mass is 10.1. The number of nitrogens with zero attached hydrogens (tertiary/aromatic N) is 1. The number of carbonyl (C=O) groups excluding carboxylic acids is 1. The van der Waals surface area contributed by atoms with Gasteiger partial charge in [0.25, 0.3) is 0 Å². The van der Waals surface area contributed by atoms with Gasteiger partial charge in [0, 0.05) is 12.6 Å². The van der Waals surface area contributed by atoms with Crippen LogP contribution < -0.4 is 5.32 Å². The maximum Gasteiger partial charge on any atom is 0.239 e. The Morgan fingerprint density at radius 2 is 2.17 bits per heavy atom. The number of aryl methyl sites for hydroxylation is 1. The smallest absolute Gasteiger partial charge is 0.239 e. The Kier molecular flexibility index (Phi) is 6.98. The second kappa shape index (κ2) is 8.98. The van der Waals surface area contributed by atoms with Crippen molar-refractivity contribution in [2.45, 2.75) is 57.8 Å². The summed E-state index contributed by atoms with van der Waals surface area (Å²) in [5.41, 5.74) is 1.16. The Morgan fingerprint density at radius 1 is 1.43 bits per heavy atom. The monoisotopic (exact) mass is 322 g/mol. The molecule has 128 valence electrons. The van der Waals surface area contributed by atoms with Crippen LogP contribution in [0.15, 0.2) is 30.3 Å². The molecular formula is C17H26N2O4. The molecule has 2 rings (SSSR count). The van der Waals surface area contributed by atoms with Crippen molar-refractivity contribution in [2.75, 3.05) is 6.54 Å². The Labute approximate surface area is 137 Å². The molecular weight excluding hydrogens is 296 g/mol. The van der Waals surface area contributed by atoms with Gasteiger partial charge in [-0.05, 0) is 45.1 Å². The highest BCUT2D eigenvalue weighted by Gasteiger charge is 2.29. The van der Waals surface area contributed by atoms with Crippen LogP contribution in [0.25, 0.3) is 0 Å². The fourth-order valence-corrected chi connectivity index (χ4v) is 3.01.